The number of carbonyl (C=O) groups excluding carboxylic acids is 2. The second-order valence-corrected chi connectivity index (χ2v) is 7.71. The molecule has 0 amide bonds. The van der Waals surface area contributed by atoms with Gasteiger partial charge in [0.25, 0.3) is 0 Å². The topological polar surface area (TPSA) is 94.0 Å². The average molecular weight is 510 g/mol. The first kappa shape index (κ1) is 28.2. The molecule has 3 rings (SSSR count). The van der Waals surface area contributed by atoms with E-state index in [1.807, 2.05) is 0 Å². The number of carbonyl (C=O) groups is 2. The molecule has 1 N–H and O–H groups in total. The van der Waals surface area contributed by atoms with Crippen LogP contribution in [0, 0.1) is 0 Å². The lowest BCUT2D eigenvalue weighted by Gasteiger charge is -2.23. The summed E-state index contributed by atoms with van der Waals surface area (Å²) in [6, 6.07) is 10.1. The van der Waals surface area contributed by atoms with Crippen LogP contribution in [0.3, 0.4) is 0 Å². The molecule has 0 aromatic heterocycles. The second kappa shape index (κ2) is 14.4. The highest BCUT2D eigenvalue weighted by Crippen LogP contribution is 2.38. The van der Waals surface area contributed by atoms with Gasteiger partial charge in [0.05, 0.1) is 53.1 Å². The van der Waals surface area contributed by atoms with Crippen molar-refractivity contribution < 1.29 is 55.3 Å². The Morgan fingerprint density at radius 2 is 1.60 bits per heavy atom. The maximum Gasteiger partial charge on any atom is 0.338 e. The van der Waals surface area contributed by atoms with E-state index < -0.39 is 5.97 Å². The number of ketones is 1. The van der Waals surface area contributed by atoms with Crippen molar-refractivity contribution in [3.05, 3.63) is 47.5 Å². The summed E-state index contributed by atoms with van der Waals surface area (Å²) < 4.78 is 32.1. The molecule has 9 nitrogen and oxygen atoms in total. The molecular weight excluding hydrogens is 478 g/mol. The summed E-state index contributed by atoms with van der Waals surface area (Å²) in [6.45, 7) is 4.34. The predicted octanol–water partition coefficient (Wildman–Crippen LogP) is -1.56. The Balaban J connectivity index is 0.00000432. The Labute approximate surface area is 211 Å². The molecule has 0 saturated carbocycles. The fourth-order valence-corrected chi connectivity index (χ4v) is 3.68. The highest BCUT2D eigenvalue weighted by Gasteiger charge is 2.18. The number of morpholine rings is 1. The molecule has 2 aromatic carbocycles. The number of halogens is 1. The van der Waals surface area contributed by atoms with Gasteiger partial charge in [-0.1, -0.05) is 12.1 Å². The SMILES string of the molecule is COc1cc(C(=O)OCCOc2cccc(C(=O)CC[NH+]3CCOCC3)c2)cc(OC)c1OC.[Cl-]. The Hall–Kier alpha value is -3.01. The molecule has 0 atom stereocenters. The number of benzene rings is 2. The highest BCUT2D eigenvalue weighted by molar-refractivity contribution is 5.96. The maximum atomic E-state index is 12.6. The van der Waals surface area contributed by atoms with Gasteiger partial charge in [-0.05, 0) is 24.3 Å². The van der Waals surface area contributed by atoms with Crippen LogP contribution in [0.5, 0.6) is 23.0 Å². The smallest absolute Gasteiger partial charge is 0.338 e. The van der Waals surface area contributed by atoms with Crippen molar-refractivity contribution in [1.29, 1.82) is 0 Å². The minimum Gasteiger partial charge on any atom is -1.00 e. The standard InChI is InChI=1S/C25H31NO8.ClH/c1-29-22-16-19(17-23(30-2)24(22)31-3)25(28)34-14-13-33-20-6-4-5-18(15-20)21(27)7-8-26-9-11-32-12-10-26;/h4-6,15-17H,7-14H2,1-3H3;1H. The summed E-state index contributed by atoms with van der Waals surface area (Å²) in [5.41, 5.74) is 0.879. The van der Waals surface area contributed by atoms with Crippen molar-refractivity contribution in [2.45, 2.75) is 6.42 Å². The van der Waals surface area contributed by atoms with Crippen molar-refractivity contribution in [3.63, 3.8) is 0 Å². The molecule has 0 aliphatic carbocycles. The minimum atomic E-state index is -0.544. The number of hydrogen-bond acceptors (Lipinski definition) is 8. The molecule has 1 aliphatic heterocycles. The molecule has 1 fully saturated rings. The lowest BCUT2D eigenvalue weighted by atomic mass is 10.1. The monoisotopic (exact) mass is 509 g/mol. The number of hydrogen-bond donors (Lipinski definition) is 1. The van der Waals surface area contributed by atoms with Crippen LogP contribution in [0.2, 0.25) is 0 Å². The normalized spacial score (nSPS) is 13.3. The van der Waals surface area contributed by atoms with E-state index in [4.69, 9.17) is 28.4 Å². The van der Waals surface area contributed by atoms with Crippen LogP contribution < -0.4 is 36.3 Å². The van der Waals surface area contributed by atoms with Crippen LogP contribution in [-0.2, 0) is 9.47 Å². The van der Waals surface area contributed by atoms with Gasteiger partial charge in [0.2, 0.25) is 5.75 Å². The molecule has 1 heterocycles. The van der Waals surface area contributed by atoms with E-state index in [-0.39, 0.29) is 37.0 Å². The van der Waals surface area contributed by atoms with Crippen molar-refractivity contribution in [3.8, 4) is 23.0 Å². The van der Waals surface area contributed by atoms with E-state index in [9.17, 15) is 9.59 Å². The van der Waals surface area contributed by atoms with E-state index in [2.05, 4.69) is 0 Å². The maximum absolute atomic E-state index is 12.6. The molecule has 2 aromatic rings. The van der Waals surface area contributed by atoms with Gasteiger partial charge in [-0.2, -0.15) is 0 Å². The number of nitrogens with one attached hydrogen (secondary N) is 1. The Morgan fingerprint density at radius 1 is 0.914 bits per heavy atom. The third kappa shape index (κ3) is 8.02. The van der Waals surface area contributed by atoms with Crippen molar-refractivity contribution in [1.82, 2.24) is 0 Å². The molecule has 0 unspecified atom stereocenters. The zero-order valence-electron chi connectivity index (χ0n) is 20.3. The van der Waals surface area contributed by atoms with Gasteiger partial charge >= 0.3 is 5.97 Å². The molecule has 192 valence electrons. The predicted molar refractivity (Wildman–Crippen MR) is 124 cm³/mol. The molecule has 0 bridgehead atoms. The van der Waals surface area contributed by atoms with Crippen LogP contribution in [0.4, 0.5) is 0 Å². The van der Waals surface area contributed by atoms with Crippen LogP contribution >= 0.6 is 0 Å². The number of Topliss-reactive ketones (excluding diaryl/α,β-unsaturated/α-hetero) is 1. The Bertz CT molecular complexity index is 953. The highest BCUT2D eigenvalue weighted by atomic mass is 35.5. The van der Waals surface area contributed by atoms with Gasteiger partial charge < -0.3 is 45.7 Å². The fraction of sp³-hybridized carbons (Fsp3) is 0.440. The average Bonchev–Trinajstić information content (AvgIpc) is 2.89. The third-order valence-corrected chi connectivity index (χ3v) is 5.55. The summed E-state index contributed by atoms with van der Waals surface area (Å²) in [5, 5.41) is 0. The van der Waals surface area contributed by atoms with Crippen molar-refractivity contribution in [2.24, 2.45) is 0 Å². The largest absolute Gasteiger partial charge is 1.00 e. The zero-order valence-corrected chi connectivity index (χ0v) is 21.0. The van der Waals surface area contributed by atoms with Gasteiger partial charge in [0.1, 0.15) is 32.1 Å². The van der Waals surface area contributed by atoms with Gasteiger partial charge in [0, 0.05) is 5.56 Å². The zero-order chi connectivity index (χ0) is 24.3. The van der Waals surface area contributed by atoms with Crippen LogP contribution in [0.1, 0.15) is 27.1 Å². The first-order valence-corrected chi connectivity index (χ1v) is 11.2. The second-order valence-electron chi connectivity index (χ2n) is 7.71. The van der Waals surface area contributed by atoms with Crippen LogP contribution in [0.25, 0.3) is 0 Å². The Morgan fingerprint density at radius 3 is 2.23 bits per heavy atom. The van der Waals surface area contributed by atoms with E-state index in [1.165, 1.54) is 38.4 Å². The van der Waals surface area contributed by atoms with Crippen LogP contribution in [0.15, 0.2) is 36.4 Å². The van der Waals surface area contributed by atoms with E-state index in [0.717, 1.165) is 32.8 Å². The number of quaternary nitrogens is 1. The molecule has 1 aliphatic rings. The lowest BCUT2D eigenvalue weighted by Crippen LogP contribution is -3.14. The summed E-state index contributed by atoms with van der Waals surface area (Å²) >= 11 is 0. The molecule has 0 spiro atoms. The number of ether oxygens (including phenoxy) is 6. The van der Waals surface area contributed by atoms with Gasteiger partial charge in [-0.3, -0.25) is 4.79 Å². The molecule has 35 heavy (non-hydrogen) atoms. The van der Waals surface area contributed by atoms with Crippen molar-refractivity contribution in [2.75, 3.05) is 67.4 Å². The fourth-order valence-electron chi connectivity index (χ4n) is 3.68. The van der Waals surface area contributed by atoms with Gasteiger partial charge in [0.15, 0.2) is 17.3 Å². The lowest BCUT2D eigenvalue weighted by molar-refractivity contribution is -0.907. The molecule has 0 radical (unpaired) electrons. The summed E-state index contributed by atoms with van der Waals surface area (Å²) in [6.07, 6.45) is 0.477. The minimum absolute atomic E-state index is 0. The van der Waals surface area contributed by atoms with Gasteiger partial charge in [-0.15, -0.1) is 0 Å². The summed E-state index contributed by atoms with van der Waals surface area (Å²) in [5.74, 6) is 1.21. The summed E-state index contributed by atoms with van der Waals surface area (Å²) in [7, 11) is 4.44. The number of methoxy groups -OCH3 is 3. The summed E-state index contributed by atoms with van der Waals surface area (Å²) in [4.78, 5) is 26.4. The van der Waals surface area contributed by atoms with E-state index in [0.29, 0.717) is 35.0 Å². The molecular formula is C25H32ClNO8. The third-order valence-electron chi connectivity index (χ3n) is 5.55. The molecule has 1 saturated heterocycles. The molecule has 10 heteroatoms. The van der Waals surface area contributed by atoms with Gasteiger partial charge in [-0.25, -0.2) is 4.79 Å². The van der Waals surface area contributed by atoms with Crippen LogP contribution in [-0.4, -0.2) is 79.1 Å². The van der Waals surface area contributed by atoms with Crippen molar-refractivity contribution >= 4 is 11.8 Å². The Kier molecular flexibility index (Phi) is 11.6. The van der Waals surface area contributed by atoms with E-state index in [1.54, 1.807) is 24.3 Å². The van der Waals surface area contributed by atoms with E-state index >= 15 is 0 Å². The number of esters is 1. The number of rotatable bonds is 12. The quantitative estimate of drug-likeness (QED) is 0.209. The first-order chi connectivity index (χ1) is 16.5. The first-order valence-electron chi connectivity index (χ1n) is 11.2.